The molecule has 122 valence electrons. The first kappa shape index (κ1) is 16.2. The van der Waals surface area contributed by atoms with Crippen molar-refractivity contribution in [3.8, 4) is 0 Å². The average Bonchev–Trinajstić information content (AvgIpc) is 3.05. The number of benzene rings is 1. The van der Waals surface area contributed by atoms with Gasteiger partial charge in [-0.15, -0.1) is 11.3 Å². The summed E-state index contributed by atoms with van der Waals surface area (Å²) < 4.78 is 23.1. The third kappa shape index (κ3) is 3.64. The monoisotopic (exact) mass is 349 g/mol. The fraction of sp³-hybridized carbons (Fsp3) is 0.353. The molecule has 1 fully saturated rings. The summed E-state index contributed by atoms with van der Waals surface area (Å²) in [6.07, 6.45) is 3.62. The lowest BCUT2D eigenvalue weighted by Gasteiger charge is -2.10. The molecule has 1 aromatic carbocycles. The van der Waals surface area contributed by atoms with Gasteiger partial charge in [-0.1, -0.05) is 31.2 Å². The summed E-state index contributed by atoms with van der Waals surface area (Å²) in [6.45, 7) is 2.70. The Morgan fingerprint density at radius 3 is 2.35 bits per heavy atom. The molecule has 0 aliphatic heterocycles. The van der Waals surface area contributed by atoms with Crippen LogP contribution in [0.25, 0.3) is 0 Å². The Labute approximate surface area is 140 Å². The molecular weight excluding hydrogens is 330 g/mol. The van der Waals surface area contributed by atoms with E-state index < -0.39 is 9.84 Å². The van der Waals surface area contributed by atoms with Crippen molar-refractivity contribution in [3.05, 3.63) is 52.4 Å². The van der Waals surface area contributed by atoms with E-state index in [1.54, 1.807) is 6.07 Å². The van der Waals surface area contributed by atoms with Crippen LogP contribution >= 0.6 is 11.3 Å². The zero-order chi connectivity index (χ0) is 16.7. The molecule has 0 atom stereocenters. The molecule has 1 aliphatic rings. The third-order valence-corrected chi connectivity index (χ3v) is 7.18. The van der Waals surface area contributed by atoms with E-state index in [2.05, 4.69) is 24.4 Å². The highest BCUT2D eigenvalue weighted by atomic mass is 32.2. The summed E-state index contributed by atoms with van der Waals surface area (Å²) in [4.78, 5) is 12.5. The van der Waals surface area contributed by atoms with Crippen LogP contribution in [0.1, 0.15) is 40.6 Å². The molecule has 4 nitrogen and oxygen atoms in total. The second kappa shape index (κ2) is 5.76. The standard InChI is InChI=1S/C17H19NO3S2/c1-17(9-10-17)13-5-3-12(4-6-13)11-18-16(19)14-7-8-15(22-14)23(2,20)21/h3-8H,9-11H2,1-2H3,(H,18,19). The smallest absolute Gasteiger partial charge is 0.261 e. The molecule has 1 aromatic heterocycles. The van der Waals surface area contributed by atoms with E-state index in [-0.39, 0.29) is 10.1 Å². The number of rotatable bonds is 5. The molecule has 1 saturated carbocycles. The van der Waals surface area contributed by atoms with Gasteiger partial charge in [0, 0.05) is 12.8 Å². The minimum atomic E-state index is -3.26. The van der Waals surface area contributed by atoms with Gasteiger partial charge in [0.1, 0.15) is 4.21 Å². The predicted molar refractivity (Wildman–Crippen MR) is 91.6 cm³/mol. The number of nitrogens with one attached hydrogen (secondary N) is 1. The van der Waals surface area contributed by atoms with Gasteiger partial charge in [-0.25, -0.2) is 8.42 Å². The Bertz CT molecular complexity index is 831. The number of amides is 1. The molecule has 23 heavy (non-hydrogen) atoms. The highest BCUT2D eigenvalue weighted by Crippen LogP contribution is 2.47. The van der Waals surface area contributed by atoms with Gasteiger partial charge in [0.2, 0.25) is 0 Å². The van der Waals surface area contributed by atoms with Gasteiger partial charge in [-0.3, -0.25) is 4.79 Å². The van der Waals surface area contributed by atoms with Crippen molar-refractivity contribution >= 4 is 27.1 Å². The van der Waals surface area contributed by atoms with E-state index >= 15 is 0 Å². The highest BCUT2D eigenvalue weighted by molar-refractivity contribution is 7.92. The summed E-state index contributed by atoms with van der Waals surface area (Å²) in [5.74, 6) is -0.247. The number of thiophene rings is 1. The van der Waals surface area contributed by atoms with Crippen molar-refractivity contribution in [1.29, 1.82) is 0 Å². The van der Waals surface area contributed by atoms with E-state index in [1.807, 2.05) is 12.1 Å². The number of carbonyl (C=O) groups excluding carboxylic acids is 1. The molecule has 1 aliphatic carbocycles. The summed E-state index contributed by atoms with van der Waals surface area (Å²) in [6, 6.07) is 11.3. The lowest BCUT2D eigenvalue weighted by Crippen LogP contribution is -2.21. The van der Waals surface area contributed by atoms with Crippen LogP contribution in [0, 0.1) is 0 Å². The Morgan fingerprint density at radius 1 is 1.17 bits per heavy atom. The topological polar surface area (TPSA) is 63.2 Å². The molecule has 6 heteroatoms. The van der Waals surface area contributed by atoms with Crippen LogP contribution < -0.4 is 5.32 Å². The zero-order valence-corrected chi connectivity index (χ0v) is 14.8. The lowest BCUT2D eigenvalue weighted by molar-refractivity contribution is 0.0955. The quantitative estimate of drug-likeness (QED) is 0.902. The van der Waals surface area contributed by atoms with E-state index in [0.29, 0.717) is 16.8 Å². The van der Waals surface area contributed by atoms with Gasteiger partial charge in [-0.05, 0) is 41.5 Å². The fourth-order valence-corrected chi connectivity index (χ4v) is 4.26. The van der Waals surface area contributed by atoms with Crippen molar-refractivity contribution in [2.45, 2.75) is 35.9 Å². The van der Waals surface area contributed by atoms with E-state index in [1.165, 1.54) is 24.5 Å². The van der Waals surface area contributed by atoms with Gasteiger partial charge in [0.15, 0.2) is 9.84 Å². The van der Waals surface area contributed by atoms with Crippen LogP contribution in [0.3, 0.4) is 0 Å². The molecule has 1 heterocycles. The highest BCUT2D eigenvalue weighted by Gasteiger charge is 2.38. The fourth-order valence-electron chi connectivity index (χ4n) is 2.41. The number of carbonyl (C=O) groups is 1. The van der Waals surface area contributed by atoms with Crippen molar-refractivity contribution in [2.24, 2.45) is 0 Å². The summed E-state index contributed by atoms with van der Waals surface area (Å²) in [7, 11) is -3.26. The maximum atomic E-state index is 12.1. The minimum absolute atomic E-state index is 0.213. The largest absolute Gasteiger partial charge is 0.347 e. The third-order valence-electron chi connectivity index (χ3n) is 4.27. The number of sulfone groups is 1. The van der Waals surface area contributed by atoms with Crippen molar-refractivity contribution in [2.75, 3.05) is 6.26 Å². The van der Waals surface area contributed by atoms with Crippen molar-refractivity contribution in [1.82, 2.24) is 5.32 Å². The lowest BCUT2D eigenvalue weighted by atomic mass is 9.97. The summed E-state index contributed by atoms with van der Waals surface area (Å²) in [5, 5.41) is 2.83. The Hall–Kier alpha value is -1.66. The number of hydrogen-bond acceptors (Lipinski definition) is 4. The predicted octanol–water partition coefficient (Wildman–Crippen LogP) is 3.13. The van der Waals surface area contributed by atoms with Gasteiger partial charge < -0.3 is 5.32 Å². The van der Waals surface area contributed by atoms with Crippen molar-refractivity contribution in [3.63, 3.8) is 0 Å². The molecule has 2 aromatic rings. The Morgan fingerprint density at radius 2 is 1.83 bits per heavy atom. The van der Waals surface area contributed by atoms with Gasteiger partial charge in [0.25, 0.3) is 5.91 Å². The molecule has 0 radical (unpaired) electrons. The average molecular weight is 349 g/mol. The molecule has 0 bridgehead atoms. The molecule has 0 saturated heterocycles. The maximum Gasteiger partial charge on any atom is 0.261 e. The van der Waals surface area contributed by atoms with Crippen LogP contribution in [-0.2, 0) is 21.8 Å². The SMILES string of the molecule is CC1(c2ccc(CNC(=O)c3ccc(S(C)(=O)=O)s3)cc2)CC1. The molecule has 1 amide bonds. The number of hydrogen-bond donors (Lipinski definition) is 1. The zero-order valence-electron chi connectivity index (χ0n) is 13.1. The van der Waals surface area contributed by atoms with Crippen LogP contribution in [0.15, 0.2) is 40.6 Å². The van der Waals surface area contributed by atoms with Gasteiger partial charge in [0.05, 0.1) is 4.88 Å². The summed E-state index contributed by atoms with van der Waals surface area (Å²) in [5.41, 5.74) is 2.73. The van der Waals surface area contributed by atoms with E-state index in [0.717, 1.165) is 23.2 Å². The second-order valence-electron chi connectivity index (χ2n) is 6.33. The van der Waals surface area contributed by atoms with Crippen molar-refractivity contribution < 1.29 is 13.2 Å². The molecule has 1 N–H and O–H groups in total. The molecule has 0 spiro atoms. The molecule has 0 unspecified atom stereocenters. The van der Waals surface area contributed by atoms with Crippen LogP contribution in [0.2, 0.25) is 0 Å². The second-order valence-corrected chi connectivity index (χ2v) is 9.66. The van der Waals surface area contributed by atoms with E-state index in [4.69, 9.17) is 0 Å². The maximum absolute atomic E-state index is 12.1. The summed E-state index contributed by atoms with van der Waals surface area (Å²) >= 11 is 0.997. The molecule has 3 rings (SSSR count). The first-order valence-corrected chi connectivity index (χ1v) is 10.2. The Balaban J connectivity index is 1.61. The minimum Gasteiger partial charge on any atom is -0.347 e. The first-order valence-electron chi connectivity index (χ1n) is 7.45. The van der Waals surface area contributed by atoms with E-state index in [9.17, 15) is 13.2 Å². The Kier molecular flexibility index (Phi) is 4.06. The van der Waals surface area contributed by atoms with Gasteiger partial charge in [-0.2, -0.15) is 0 Å². The molecular formula is C17H19NO3S2. The first-order chi connectivity index (χ1) is 10.8. The van der Waals surface area contributed by atoms with Gasteiger partial charge >= 0.3 is 0 Å². The van der Waals surface area contributed by atoms with Crippen LogP contribution in [0.5, 0.6) is 0 Å². The van der Waals surface area contributed by atoms with Crippen LogP contribution in [0.4, 0.5) is 0 Å². The van der Waals surface area contributed by atoms with Crippen LogP contribution in [-0.4, -0.2) is 20.6 Å². The normalized spacial score (nSPS) is 16.1.